The van der Waals surface area contributed by atoms with E-state index in [0.717, 1.165) is 13.0 Å². The molecule has 0 aromatic heterocycles. The van der Waals surface area contributed by atoms with E-state index in [1.807, 2.05) is 0 Å². The van der Waals surface area contributed by atoms with Crippen LogP contribution in [0.5, 0.6) is 0 Å². The summed E-state index contributed by atoms with van der Waals surface area (Å²) in [6, 6.07) is 0.655. The molecule has 0 aliphatic carbocycles. The number of hydrogen-bond acceptors (Lipinski definition) is 3. The van der Waals surface area contributed by atoms with E-state index in [0.29, 0.717) is 12.1 Å². The number of rotatable bonds is 2. The zero-order valence-corrected chi connectivity index (χ0v) is 8.60. The number of ether oxygens (including phenoxy) is 1. The van der Waals surface area contributed by atoms with Crippen molar-refractivity contribution in [2.75, 3.05) is 13.1 Å². The molecule has 0 amide bonds. The van der Waals surface area contributed by atoms with Crippen molar-refractivity contribution in [3.05, 3.63) is 0 Å². The van der Waals surface area contributed by atoms with Crippen LogP contribution in [0.4, 0.5) is 0 Å². The van der Waals surface area contributed by atoms with E-state index in [1.54, 1.807) is 0 Å². The van der Waals surface area contributed by atoms with Crippen LogP contribution in [0.3, 0.4) is 0 Å². The fourth-order valence-electron chi connectivity index (χ4n) is 2.41. The predicted molar refractivity (Wildman–Crippen MR) is 52.6 cm³/mol. The molecule has 3 heteroatoms. The van der Waals surface area contributed by atoms with Gasteiger partial charge in [-0.15, -0.1) is 0 Å². The first kappa shape index (κ1) is 9.44. The van der Waals surface area contributed by atoms with E-state index in [4.69, 9.17) is 4.74 Å². The van der Waals surface area contributed by atoms with Gasteiger partial charge in [-0.25, -0.2) is 0 Å². The Hall–Kier alpha value is -0.120. The normalized spacial score (nSPS) is 45.7. The molecule has 0 spiro atoms. The molecule has 3 unspecified atom stereocenters. The van der Waals surface area contributed by atoms with Crippen LogP contribution in [0, 0.1) is 0 Å². The molecule has 3 atom stereocenters. The van der Waals surface area contributed by atoms with Crippen molar-refractivity contribution < 1.29 is 4.74 Å². The van der Waals surface area contributed by atoms with E-state index in [1.165, 1.54) is 19.4 Å². The molecule has 0 radical (unpaired) electrons. The standard InChI is InChI=1S/C10H20N2O/c1-8-7-12-10(2,13-8)6-9-4-3-5-11-9/h8-9,11-12H,3-7H2,1-2H3. The summed E-state index contributed by atoms with van der Waals surface area (Å²) in [6.45, 7) is 6.45. The minimum absolute atomic E-state index is 0.0819. The van der Waals surface area contributed by atoms with Crippen LogP contribution in [0.2, 0.25) is 0 Å². The Morgan fingerprint density at radius 3 is 2.92 bits per heavy atom. The highest BCUT2D eigenvalue weighted by Gasteiger charge is 2.36. The van der Waals surface area contributed by atoms with Crippen molar-refractivity contribution in [1.29, 1.82) is 0 Å². The Morgan fingerprint density at radius 1 is 1.54 bits per heavy atom. The highest BCUT2D eigenvalue weighted by atomic mass is 16.5. The Labute approximate surface area is 80.2 Å². The van der Waals surface area contributed by atoms with Crippen molar-refractivity contribution in [3.63, 3.8) is 0 Å². The van der Waals surface area contributed by atoms with Crippen LogP contribution < -0.4 is 10.6 Å². The molecule has 2 aliphatic heterocycles. The summed E-state index contributed by atoms with van der Waals surface area (Å²) in [6.07, 6.45) is 4.08. The first-order chi connectivity index (χ1) is 6.18. The fourth-order valence-corrected chi connectivity index (χ4v) is 2.41. The topological polar surface area (TPSA) is 33.3 Å². The highest BCUT2D eigenvalue weighted by molar-refractivity contribution is 4.88. The summed E-state index contributed by atoms with van der Waals surface area (Å²) in [5.41, 5.74) is -0.0819. The lowest BCUT2D eigenvalue weighted by Crippen LogP contribution is -2.43. The van der Waals surface area contributed by atoms with Gasteiger partial charge in [-0.05, 0) is 33.2 Å². The first-order valence-electron chi connectivity index (χ1n) is 5.34. The fraction of sp³-hybridized carbons (Fsp3) is 1.00. The van der Waals surface area contributed by atoms with Gasteiger partial charge >= 0.3 is 0 Å². The van der Waals surface area contributed by atoms with Gasteiger partial charge in [-0.1, -0.05) is 0 Å². The quantitative estimate of drug-likeness (QED) is 0.667. The molecule has 3 nitrogen and oxygen atoms in total. The van der Waals surface area contributed by atoms with Gasteiger partial charge in [0.05, 0.1) is 6.10 Å². The summed E-state index contributed by atoms with van der Waals surface area (Å²) < 4.78 is 5.86. The van der Waals surface area contributed by atoms with E-state index < -0.39 is 0 Å². The van der Waals surface area contributed by atoms with Crippen LogP contribution in [-0.2, 0) is 4.74 Å². The Balaban J connectivity index is 1.85. The van der Waals surface area contributed by atoms with Crippen LogP contribution in [-0.4, -0.2) is 31.0 Å². The van der Waals surface area contributed by atoms with Gasteiger partial charge in [-0.3, -0.25) is 5.32 Å². The van der Waals surface area contributed by atoms with Crippen molar-refractivity contribution in [2.45, 2.75) is 51.0 Å². The van der Waals surface area contributed by atoms with Gasteiger partial charge in [0.1, 0.15) is 5.72 Å². The monoisotopic (exact) mass is 184 g/mol. The minimum atomic E-state index is -0.0819. The van der Waals surface area contributed by atoms with Gasteiger partial charge in [0.25, 0.3) is 0 Å². The molecule has 2 rings (SSSR count). The molecular weight excluding hydrogens is 164 g/mol. The third-order valence-electron chi connectivity index (χ3n) is 3.02. The van der Waals surface area contributed by atoms with Crippen molar-refractivity contribution in [3.8, 4) is 0 Å². The van der Waals surface area contributed by atoms with Gasteiger partial charge in [-0.2, -0.15) is 0 Å². The maximum atomic E-state index is 5.86. The summed E-state index contributed by atoms with van der Waals surface area (Å²) >= 11 is 0. The summed E-state index contributed by atoms with van der Waals surface area (Å²) in [5.74, 6) is 0. The lowest BCUT2D eigenvalue weighted by molar-refractivity contribution is -0.0406. The number of hydrogen-bond donors (Lipinski definition) is 2. The molecule has 2 saturated heterocycles. The van der Waals surface area contributed by atoms with E-state index in [2.05, 4.69) is 24.5 Å². The largest absolute Gasteiger partial charge is 0.357 e. The van der Waals surface area contributed by atoms with E-state index in [-0.39, 0.29) is 5.72 Å². The zero-order valence-electron chi connectivity index (χ0n) is 8.60. The molecular formula is C10H20N2O. The van der Waals surface area contributed by atoms with Gasteiger partial charge in [0.15, 0.2) is 0 Å². The maximum Gasteiger partial charge on any atom is 0.118 e. The number of nitrogens with one attached hydrogen (secondary N) is 2. The van der Waals surface area contributed by atoms with Gasteiger partial charge < -0.3 is 10.1 Å². The lowest BCUT2D eigenvalue weighted by atomic mass is 10.0. The Kier molecular flexibility index (Phi) is 2.58. The molecule has 2 aliphatic rings. The molecule has 0 aromatic carbocycles. The van der Waals surface area contributed by atoms with Crippen molar-refractivity contribution >= 4 is 0 Å². The first-order valence-corrected chi connectivity index (χ1v) is 5.34. The van der Waals surface area contributed by atoms with Gasteiger partial charge in [0, 0.05) is 19.0 Å². The average molecular weight is 184 g/mol. The second-order valence-corrected chi connectivity index (χ2v) is 4.54. The summed E-state index contributed by atoms with van der Waals surface area (Å²) in [5, 5.41) is 6.95. The molecule has 76 valence electrons. The summed E-state index contributed by atoms with van der Waals surface area (Å²) in [4.78, 5) is 0. The maximum absolute atomic E-state index is 5.86. The molecule has 0 bridgehead atoms. The second kappa shape index (κ2) is 3.56. The third kappa shape index (κ3) is 2.22. The van der Waals surface area contributed by atoms with Crippen LogP contribution in [0.1, 0.15) is 33.1 Å². The average Bonchev–Trinajstić information content (AvgIpc) is 2.62. The van der Waals surface area contributed by atoms with Crippen LogP contribution >= 0.6 is 0 Å². The molecule has 13 heavy (non-hydrogen) atoms. The van der Waals surface area contributed by atoms with Crippen molar-refractivity contribution in [1.82, 2.24) is 10.6 Å². The predicted octanol–water partition coefficient (Wildman–Crippen LogP) is 0.853. The minimum Gasteiger partial charge on any atom is -0.357 e. The van der Waals surface area contributed by atoms with Crippen molar-refractivity contribution in [2.24, 2.45) is 0 Å². The molecule has 2 heterocycles. The second-order valence-electron chi connectivity index (χ2n) is 4.54. The highest BCUT2D eigenvalue weighted by Crippen LogP contribution is 2.24. The van der Waals surface area contributed by atoms with Gasteiger partial charge in [0.2, 0.25) is 0 Å². The molecule has 2 N–H and O–H groups in total. The third-order valence-corrected chi connectivity index (χ3v) is 3.02. The molecule has 0 aromatic rings. The Morgan fingerprint density at radius 2 is 2.38 bits per heavy atom. The zero-order chi connectivity index (χ0) is 9.31. The van der Waals surface area contributed by atoms with E-state index >= 15 is 0 Å². The van der Waals surface area contributed by atoms with E-state index in [9.17, 15) is 0 Å². The molecule has 0 saturated carbocycles. The summed E-state index contributed by atoms with van der Waals surface area (Å²) in [7, 11) is 0. The lowest BCUT2D eigenvalue weighted by Gasteiger charge is -2.27. The van der Waals surface area contributed by atoms with Crippen LogP contribution in [0.15, 0.2) is 0 Å². The smallest absolute Gasteiger partial charge is 0.118 e. The SMILES string of the molecule is CC1CNC(C)(CC2CCCN2)O1. The Bertz CT molecular complexity index is 180. The van der Waals surface area contributed by atoms with Crippen LogP contribution in [0.25, 0.3) is 0 Å². The molecule has 2 fully saturated rings.